The third-order valence-electron chi connectivity index (χ3n) is 4.24. The number of aromatic nitrogens is 4. The average molecular weight is 384 g/mol. The molecule has 0 spiro atoms. The van der Waals surface area contributed by atoms with E-state index in [2.05, 4.69) is 58.1 Å². The predicted molar refractivity (Wildman–Crippen MR) is 108 cm³/mol. The predicted octanol–water partition coefficient (Wildman–Crippen LogP) is 3.37. The van der Waals surface area contributed by atoms with Crippen molar-refractivity contribution >= 4 is 11.8 Å². The average Bonchev–Trinajstić information content (AvgIpc) is 3.09. The Morgan fingerprint density at radius 1 is 1.07 bits per heavy atom. The second-order valence-electron chi connectivity index (χ2n) is 6.29. The number of benzene rings is 2. The molecule has 142 valence electrons. The molecule has 6 nitrogen and oxygen atoms in total. The highest BCUT2D eigenvalue weighted by Crippen LogP contribution is 2.20. The quantitative estimate of drug-likeness (QED) is 0.428. The standard InChI is InChI=1S/C20H25N5OS/c1-16-8-3-4-10-18(16)15-26-19-11-6-5-9-17(19)14-21-12-7-13-27-20-22-23-24-25(20)2/h3-6,8-11,21H,7,12-15H2,1-2H3. The van der Waals surface area contributed by atoms with Crippen LogP contribution in [0.2, 0.25) is 0 Å². The zero-order valence-electron chi connectivity index (χ0n) is 15.8. The van der Waals surface area contributed by atoms with E-state index in [0.717, 1.165) is 36.2 Å². The van der Waals surface area contributed by atoms with Crippen molar-refractivity contribution in [3.05, 3.63) is 65.2 Å². The fourth-order valence-electron chi connectivity index (χ4n) is 2.65. The summed E-state index contributed by atoms with van der Waals surface area (Å²) >= 11 is 1.67. The van der Waals surface area contributed by atoms with Gasteiger partial charge in [0.05, 0.1) is 0 Å². The van der Waals surface area contributed by atoms with E-state index < -0.39 is 0 Å². The summed E-state index contributed by atoms with van der Waals surface area (Å²) < 4.78 is 7.77. The smallest absolute Gasteiger partial charge is 0.209 e. The molecule has 0 aliphatic rings. The van der Waals surface area contributed by atoms with Crippen LogP contribution in [0.15, 0.2) is 53.7 Å². The van der Waals surface area contributed by atoms with Crippen LogP contribution in [0.1, 0.15) is 23.1 Å². The third kappa shape index (κ3) is 5.80. The molecule has 0 unspecified atom stereocenters. The number of hydrogen-bond acceptors (Lipinski definition) is 6. The lowest BCUT2D eigenvalue weighted by molar-refractivity contribution is 0.301. The molecule has 0 aliphatic heterocycles. The molecule has 1 N–H and O–H groups in total. The Balaban J connectivity index is 1.42. The first-order chi connectivity index (χ1) is 13.2. The highest BCUT2D eigenvalue weighted by Gasteiger charge is 2.05. The van der Waals surface area contributed by atoms with Crippen LogP contribution < -0.4 is 10.1 Å². The summed E-state index contributed by atoms with van der Waals surface area (Å²) in [7, 11) is 1.86. The molecule has 0 bridgehead atoms. The Kier molecular flexibility index (Phi) is 7.24. The van der Waals surface area contributed by atoms with E-state index in [0.29, 0.717) is 6.61 Å². The number of ether oxygens (including phenoxy) is 1. The van der Waals surface area contributed by atoms with Gasteiger partial charge in [-0.15, -0.1) is 5.10 Å². The zero-order chi connectivity index (χ0) is 18.9. The van der Waals surface area contributed by atoms with Crippen LogP contribution in [-0.2, 0) is 20.2 Å². The van der Waals surface area contributed by atoms with Crippen LogP contribution in [0.3, 0.4) is 0 Å². The normalized spacial score (nSPS) is 10.9. The molecule has 27 heavy (non-hydrogen) atoms. The van der Waals surface area contributed by atoms with Crippen LogP contribution in [0.4, 0.5) is 0 Å². The molecule has 0 aliphatic carbocycles. The molecule has 1 aromatic heterocycles. The second-order valence-corrected chi connectivity index (χ2v) is 7.35. The number of rotatable bonds is 10. The molecule has 3 rings (SSSR count). The van der Waals surface area contributed by atoms with Crippen molar-refractivity contribution in [1.29, 1.82) is 0 Å². The first kappa shape index (κ1) is 19.4. The maximum Gasteiger partial charge on any atom is 0.209 e. The zero-order valence-corrected chi connectivity index (χ0v) is 16.6. The molecule has 2 aromatic carbocycles. The SMILES string of the molecule is Cc1ccccc1COc1ccccc1CNCCCSc1nnnn1C. The minimum atomic E-state index is 0.589. The Labute approximate surface area is 164 Å². The summed E-state index contributed by atoms with van der Waals surface area (Å²) in [6.07, 6.45) is 1.05. The van der Waals surface area contributed by atoms with Crippen molar-refractivity contribution in [2.45, 2.75) is 31.7 Å². The van der Waals surface area contributed by atoms with Gasteiger partial charge in [0.25, 0.3) is 0 Å². The molecule has 0 atom stereocenters. The van der Waals surface area contributed by atoms with Gasteiger partial charge in [-0.05, 0) is 47.5 Å². The molecule has 3 aromatic rings. The van der Waals surface area contributed by atoms with E-state index in [-0.39, 0.29) is 0 Å². The first-order valence-electron chi connectivity index (χ1n) is 9.05. The number of aryl methyl sites for hydroxylation is 2. The van der Waals surface area contributed by atoms with E-state index in [9.17, 15) is 0 Å². The highest BCUT2D eigenvalue weighted by atomic mass is 32.2. The van der Waals surface area contributed by atoms with E-state index in [4.69, 9.17) is 4.74 Å². The number of para-hydroxylation sites is 1. The maximum absolute atomic E-state index is 6.08. The molecule has 1 heterocycles. The van der Waals surface area contributed by atoms with Crippen molar-refractivity contribution in [2.24, 2.45) is 7.05 Å². The van der Waals surface area contributed by atoms with Gasteiger partial charge in [0, 0.05) is 24.9 Å². The minimum absolute atomic E-state index is 0.589. The summed E-state index contributed by atoms with van der Waals surface area (Å²) in [5.41, 5.74) is 3.65. The summed E-state index contributed by atoms with van der Waals surface area (Å²) in [6, 6.07) is 16.5. The van der Waals surface area contributed by atoms with E-state index in [1.165, 1.54) is 16.7 Å². The summed E-state index contributed by atoms with van der Waals surface area (Å²) in [5.74, 6) is 1.92. The van der Waals surface area contributed by atoms with Gasteiger partial charge in [-0.2, -0.15) is 0 Å². The van der Waals surface area contributed by atoms with Crippen LogP contribution in [0.5, 0.6) is 5.75 Å². The van der Waals surface area contributed by atoms with E-state index >= 15 is 0 Å². The fourth-order valence-corrected chi connectivity index (χ4v) is 3.43. The molecule has 0 saturated heterocycles. The van der Waals surface area contributed by atoms with Gasteiger partial charge < -0.3 is 10.1 Å². The summed E-state index contributed by atoms with van der Waals surface area (Å²) in [6.45, 7) is 4.43. The highest BCUT2D eigenvalue weighted by molar-refractivity contribution is 7.99. The van der Waals surface area contributed by atoms with Crippen LogP contribution in [-0.4, -0.2) is 32.5 Å². The molecular weight excluding hydrogens is 358 g/mol. The van der Waals surface area contributed by atoms with Crippen molar-refractivity contribution in [1.82, 2.24) is 25.5 Å². The van der Waals surface area contributed by atoms with E-state index in [1.54, 1.807) is 16.4 Å². The third-order valence-corrected chi connectivity index (χ3v) is 5.34. The minimum Gasteiger partial charge on any atom is -0.489 e. The van der Waals surface area contributed by atoms with E-state index in [1.807, 2.05) is 25.2 Å². The Morgan fingerprint density at radius 3 is 2.63 bits per heavy atom. The molecule has 0 saturated carbocycles. The lowest BCUT2D eigenvalue weighted by Crippen LogP contribution is -2.16. The Bertz CT molecular complexity index is 852. The molecule has 0 fully saturated rings. The van der Waals surface area contributed by atoms with Gasteiger partial charge in [-0.3, -0.25) is 0 Å². The molecule has 0 radical (unpaired) electrons. The van der Waals surface area contributed by atoms with Crippen molar-refractivity contribution in [3.63, 3.8) is 0 Å². The van der Waals surface area contributed by atoms with Crippen molar-refractivity contribution in [3.8, 4) is 5.75 Å². The van der Waals surface area contributed by atoms with Crippen LogP contribution >= 0.6 is 11.8 Å². The molecule has 7 heteroatoms. The topological polar surface area (TPSA) is 64.9 Å². The van der Waals surface area contributed by atoms with Gasteiger partial charge in [-0.25, -0.2) is 4.68 Å². The first-order valence-corrected chi connectivity index (χ1v) is 10.0. The Hall–Kier alpha value is -2.38. The number of nitrogens with one attached hydrogen (secondary N) is 1. The van der Waals surface area contributed by atoms with Gasteiger partial charge in [0.15, 0.2) is 0 Å². The number of tetrazole rings is 1. The Morgan fingerprint density at radius 2 is 1.85 bits per heavy atom. The van der Waals surface area contributed by atoms with Gasteiger partial charge in [0.1, 0.15) is 12.4 Å². The lowest BCUT2D eigenvalue weighted by Gasteiger charge is -2.13. The lowest BCUT2D eigenvalue weighted by atomic mass is 10.1. The van der Waals surface area contributed by atoms with Gasteiger partial charge in [-0.1, -0.05) is 54.2 Å². The number of thioether (sulfide) groups is 1. The van der Waals surface area contributed by atoms with Crippen LogP contribution in [0.25, 0.3) is 0 Å². The maximum atomic E-state index is 6.08. The van der Waals surface area contributed by atoms with Crippen molar-refractivity contribution < 1.29 is 4.74 Å². The van der Waals surface area contributed by atoms with Gasteiger partial charge >= 0.3 is 0 Å². The monoisotopic (exact) mass is 383 g/mol. The van der Waals surface area contributed by atoms with Crippen LogP contribution in [0, 0.1) is 6.92 Å². The fraction of sp³-hybridized carbons (Fsp3) is 0.350. The largest absolute Gasteiger partial charge is 0.489 e. The summed E-state index contributed by atoms with van der Waals surface area (Å²) in [4.78, 5) is 0. The van der Waals surface area contributed by atoms with Gasteiger partial charge in [0.2, 0.25) is 5.16 Å². The van der Waals surface area contributed by atoms with Crippen molar-refractivity contribution in [2.75, 3.05) is 12.3 Å². The molecule has 0 amide bonds. The number of nitrogens with zero attached hydrogens (tertiary/aromatic N) is 4. The number of hydrogen-bond donors (Lipinski definition) is 1. The second kappa shape index (κ2) is 10.1. The summed E-state index contributed by atoms with van der Waals surface area (Å²) in [5, 5.41) is 15.8. The molecular formula is C20H25N5OS.